The Kier molecular flexibility index (Phi) is 4.89. The first kappa shape index (κ1) is 13.4. The monoisotopic (exact) mass is 258 g/mol. The molecule has 1 aromatic heterocycles. The van der Waals surface area contributed by atoms with Gasteiger partial charge in [-0.25, -0.2) is 14.0 Å². The van der Waals surface area contributed by atoms with Crippen molar-refractivity contribution in [2.45, 2.75) is 13.3 Å². The fourth-order valence-electron chi connectivity index (χ4n) is 1.22. The molecule has 1 unspecified atom stereocenters. The van der Waals surface area contributed by atoms with Crippen molar-refractivity contribution in [3.8, 4) is 5.75 Å². The molecular weight excluding hydrogens is 244 g/mol. The molecule has 0 saturated heterocycles. The Hall–Kier alpha value is -1.63. The lowest BCUT2D eigenvalue weighted by Crippen LogP contribution is -2.11. The molecule has 2 N–H and O–H groups in total. The summed E-state index contributed by atoms with van der Waals surface area (Å²) in [5.41, 5.74) is 0.627. The number of aryl methyl sites for hydroxylation is 1. The number of anilines is 1. The van der Waals surface area contributed by atoms with E-state index < -0.39 is 23.6 Å². The van der Waals surface area contributed by atoms with Gasteiger partial charge in [-0.05, 0) is 18.6 Å². The van der Waals surface area contributed by atoms with Gasteiger partial charge in [-0.1, -0.05) is 6.92 Å². The van der Waals surface area contributed by atoms with Crippen LogP contribution >= 0.6 is 0 Å². The predicted octanol–water partition coefficient (Wildman–Crippen LogP) is 0.813. The maximum absolute atomic E-state index is 11.0. The van der Waals surface area contributed by atoms with E-state index in [0.29, 0.717) is 23.7 Å². The molecule has 0 aliphatic rings. The highest BCUT2D eigenvalue weighted by molar-refractivity contribution is 7.85. The van der Waals surface area contributed by atoms with E-state index in [1.54, 1.807) is 12.1 Å². The van der Waals surface area contributed by atoms with Gasteiger partial charge in [0, 0.05) is 6.26 Å². The lowest BCUT2D eigenvalue weighted by Gasteiger charge is -2.09. The Morgan fingerprint density at radius 3 is 2.82 bits per heavy atom. The van der Waals surface area contributed by atoms with E-state index in [0.717, 1.165) is 0 Å². The Labute approximate surface area is 102 Å². The summed E-state index contributed by atoms with van der Waals surface area (Å²) < 4.78 is 18.7. The van der Waals surface area contributed by atoms with Crippen molar-refractivity contribution in [1.29, 1.82) is 0 Å². The number of carboxylic acid groups (broad SMARTS) is 1. The van der Waals surface area contributed by atoms with Crippen LogP contribution < -0.4 is 9.46 Å². The Morgan fingerprint density at radius 1 is 1.59 bits per heavy atom. The van der Waals surface area contributed by atoms with E-state index in [9.17, 15) is 9.00 Å². The molecular formula is C10H14N2O4S. The Bertz CT molecular complexity index is 436. The van der Waals surface area contributed by atoms with E-state index in [-0.39, 0.29) is 0 Å². The zero-order valence-electron chi connectivity index (χ0n) is 9.60. The molecule has 0 amide bonds. The summed E-state index contributed by atoms with van der Waals surface area (Å²) in [4.78, 5) is 14.6. The third-order valence-electron chi connectivity index (χ3n) is 1.87. The topological polar surface area (TPSA) is 88.5 Å². The molecule has 94 valence electrons. The number of nitrogens with zero attached hydrogens (tertiary/aromatic N) is 1. The van der Waals surface area contributed by atoms with Gasteiger partial charge in [0.15, 0.2) is 6.61 Å². The average Bonchev–Trinajstić information content (AvgIpc) is 2.26. The third kappa shape index (κ3) is 4.39. The van der Waals surface area contributed by atoms with Gasteiger partial charge in [0.1, 0.15) is 22.6 Å². The lowest BCUT2D eigenvalue weighted by molar-refractivity contribution is -0.139. The predicted molar refractivity (Wildman–Crippen MR) is 64.4 cm³/mol. The molecule has 0 aliphatic heterocycles. The van der Waals surface area contributed by atoms with Crippen molar-refractivity contribution in [2.75, 3.05) is 17.6 Å². The highest BCUT2D eigenvalue weighted by Crippen LogP contribution is 2.19. The van der Waals surface area contributed by atoms with Crippen molar-refractivity contribution in [3.63, 3.8) is 0 Å². The minimum Gasteiger partial charge on any atom is -0.480 e. The first-order chi connectivity index (χ1) is 8.02. The summed E-state index contributed by atoms with van der Waals surface area (Å²) in [6, 6.07) is 3.21. The number of aromatic nitrogens is 1. The molecule has 1 rings (SSSR count). The fourth-order valence-corrected chi connectivity index (χ4v) is 1.63. The molecule has 1 heterocycles. The zero-order valence-corrected chi connectivity index (χ0v) is 10.4. The second kappa shape index (κ2) is 6.19. The van der Waals surface area contributed by atoms with Gasteiger partial charge in [0.2, 0.25) is 0 Å². The summed E-state index contributed by atoms with van der Waals surface area (Å²) in [6.45, 7) is 1.48. The summed E-state index contributed by atoms with van der Waals surface area (Å²) in [5, 5.41) is 8.51. The number of carbonyl (C=O) groups is 1. The van der Waals surface area contributed by atoms with Gasteiger partial charge in [-0.2, -0.15) is 0 Å². The van der Waals surface area contributed by atoms with Crippen LogP contribution in [0.1, 0.15) is 12.6 Å². The number of aliphatic carboxylic acids is 1. The molecule has 0 aromatic carbocycles. The van der Waals surface area contributed by atoms with Crippen LogP contribution in [0.5, 0.6) is 5.75 Å². The quantitative estimate of drug-likeness (QED) is 0.788. The fraction of sp³-hybridized carbons (Fsp3) is 0.400. The van der Waals surface area contributed by atoms with Gasteiger partial charge >= 0.3 is 5.97 Å². The summed E-state index contributed by atoms with van der Waals surface area (Å²) >= 11 is 0. The van der Waals surface area contributed by atoms with E-state index >= 15 is 0 Å². The van der Waals surface area contributed by atoms with Crippen molar-refractivity contribution < 1.29 is 18.8 Å². The number of nitrogens with one attached hydrogen (secondary N) is 1. The molecule has 6 nitrogen and oxygen atoms in total. The summed E-state index contributed by atoms with van der Waals surface area (Å²) in [5.74, 6) is -0.128. The van der Waals surface area contributed by atoms with Crippen molar-refractivity contribution in [2.24, 2.45) is 0 Å². The lowest BCUT2D eigenvalue weighted by atomic mass is 10.2. The van der Waals surface area contributed by atoms with E-state index in [1.165, 1.54) is 6.26 Å². The number of hydrogen-bond acceptors (Lipinski definition) is 4. The number of ether oxygens (including phenoxy) is 1. The van der Waals surface area contributed by atoms with Gasteiger partial charge in [0.05, 0.1) is 5.69 Å². The van der Waals surface area contributed by atoms with E-state index in [2.05, 4.69) is 9.71 Å². The number of pyridine rings is 1. The number of rotatable bonds is 6. The normalized spacial score (nSPS) is 11.9. The summed E-state index contributed by atoms with van der Waals surface area (Å²) in [7, 11) is -1.19. The van der Waals surface area contributed by atoms with Gasteiger partial charge in [-0.3, -0.25) is 4.72 Å². The van der Waals surface area contributed by atoms with Crippen molar-refractivity contribution in [1.82, 2.24) is 4.98 Å². The van der Waals surface area contributed by atoms with Gasteiger partial charge in [-0.15, -0.1) is 0 Å². The van der Waals surface area contributed by atoms with Crippen LogP contribution in [0.2, 0.25) is 0 Å². The van der Waals surface area contributed by atoms with Crippen LogP contribution in [-0.2, 0) is 22.2 Å². The molecule has 17 heavy (non-hydrogen) atoms. The molecule has 0 saturated carbocycles. The zero-order chi connectivity index (χ0) is 12.8. The standard InChI is InChI=1S/C10H14N2O4S/c1-3-7-8(16-6-10(13)14)4-5-9(11-7)12-17(2)15/h4-5H,3,6H2,1-2H3,(H,11,12)(H,13,14). The maximum Gasteiger partial charge on any atom is 0.341 e. The largest absolute Gasteiger partial charge is 0.480 e. The van der Waals surface area contributed by atoms with Crippen molar-refractivity contribution >= 4 is 22.8 Å². The first-order valence-corrected chi connectivity index (χ1v) is 6.53. The molecule has 0 spiro atoms. The van der Waals surface area contributed by atoms with Crippen molar-refractivity contribution in [3.05, 3.63) is 17.8 Å². The maximum atomic E-state index is 11.0. The SMILES string of the molecule is CCc1nc(NS(C)=O)ccc1OCC(=O)O. The van der Waals surface area contributed by atoms with E-state index in [1.807, 2.05) is 6.92 Å². The molecule has 0 aliphatic carbocycles. The summed E-state index contributed by atoms with van der Waals surface area (Å²) in [6.07, 6.45) is 2.10. The first-order valence-electron chi connectivity index (χ1n) is 4.97. The second-order valence-corrected chi connectivity index (χ2v) is 4.35. The van der Waals surface area contributed by atoms with Crippen LogP contribution in [0.4, 0.5) is 5.82 Å². The highest BCUT2D eigenvalue weighted by atomic mass is 32.2. The number of hydrogen-bond donors (Lipinski definition) is 2. The Balaban J connectivity index is 2.85. The average molecular weight is 258 g/mol. The molecule has 0 bridgehead atoms. The van der Waals surface area contributed by atoms with Crippen LogP contribution in [0.25, 0.3) is 0 Å². The van der Waals surface area contributed by atoms with E-state index in [4.69, 9.17) is 9.84 Å². The van der Waals surface area contributed by atoms with Crippen LogP contribution in [0.15, 0.2) is 12.1 Å². The molecule has 7 heteroatoms. The van der Waals surface area contributed by atoms with Crippen LogP contribution in [0.3, 0.4) is 0 Å². The second-order valence-electron chi connectivity index (χ2n) is 3.23. The molecule has 0 fully saturated rings. The minimum atomic E-state index is -1.19. The van der Waals surface area contributed by atoms with Crippen LogP contribution in [-0.4, -0.2) is 33.1 Å². The molecule has 0 radical (unpaired) electrons. The van der Waals surface area contributed by atoms with Gasteiger partial charge in [0.25, 0.3) is 0 Å². The smallest absolute Gasteiger partial charge is 0.341 e. The van der Waals surface area contributed by atoms with Gasteiger partial charge < -0.3 is 9.84 Å². The molecule has 1 atom stereocenters. The Morgan fingerprint density at radius 2 is 2.29 bits per heavy atom. The third-order valence-corrected chi connectivity index (χ3v) is 2.36. The highest BCUT2D eigenvalue weighted by Gasteiger charge is 2.07. The van der Waals surface area contributed by atoms with Crippen LogP contribution in [0, 0.1) is 0 Å². The molecule has 1 aromatic rings. The number of carboxylic acids is 1. The minimum absolute atomic E-state index is 0.402.